The molecule has 0 aliphatic carbocycles. The molecular weight excluding hydrogens is 372 g/mol. The Hall–Kier alpha value is -2.92. The molecule has 4 rings (SSSR count). The van der Waals surface area contributed by atoms with Gasteiger partial charge in [-0.2, -0.15) is 0 Å². The molecule has 0 unspecified atom stereocenters. The summed E-state index contributed by atoms with van der Waals surface area (Å²) in [4.78, 5) is 21.6. The monoisotopic (exact) mass is 402 g/mol. The van der Waals surface area contributed by atoms with Crippen LogP contribution in [0.2, 0.25) is 0 Å². The van der Waals surface area contributed by atoms with E-state index in [1.165, 1.54) is 12.1 Å². The van der Waals surface area contributed by atoms with E-state index in [0.717, 1.165) is 62.2 Å². The summed E-state index contributed by atoms with van der Waals surface area (Å²) in [5.74, 6) is 0.0874. The Morgan fingerprint density at radius 2 is 1.83 bits per heavy atom. The fraction of sp³-hybridized carbons (Fsp3) is 0.360. The summed E-state index contributed by atoms with van der Waals surface area (Å²) in [6.07, 6.45) is 5.51. The summed E-state index contributed by atoms with van der Waals surface area (Å²) in [5.41, 5.74) is 3.10. The zero-order chi connectivity index (χ0) is 20.6. The first-order valence-electron chi connectivity index (χ1n) is 10.9. The second-order valence-electron chi connectivity index (χ2n) is 7.93. The maximum absolute atomic E-state index is 12.3. The molecule has 1 aliphatic heterocycles. The smallest absolute Gasteiger partial charge is 0.224 e. The molecule has 1 aliphatic rings. The van der Waals surface area contributed by atoms with Gasteiger partial charge in [-0.15, -0.1) is 0 Å². The number of nitrogens with one attached hydrogen (secondary N) is 1. The lowest BCUT2D eigenvalue weighted by Gasteiger charge is -2.23. The van der Waals surface area contributed by atoms with Crippen LogP contribution in [0.3, 0.4) is 0 Å². The quantitative estimate of drug-likeness (QED) is 0.589. The number of para-hydroxylation sites is 1. The number of unbranched alkanes of at least 4 members (excludes halogenated alkanes) is 1. The van der Waals surface area contributed by atoms with Gasteiger partial charge in [-0.3, -0.25) is 9.78 Å². The number of benzene rings is 2. The van der Waals surface area contributed by atoms with Gasteiger partial charge < -0.3 is 15.1 Å². The van der Waals surface area contributed by atoms with Gasteiger partial charge in [-0.1, -0.05) is 24.3 Å². The molecule has 156 valence electrons. The van der Waals surface area contributed by atoms with Crippen LogP contribution in [0.4, 0.5) is 11.4 Å². The molecule has 30 heavy (non-hydrogen) atoms. The molecule has 0 atom stereocenters. The molecule has 0 bridgehead atoms. The predicted molar refractivity (Wildman–Crippen MR) is 124 cm³/mol. The van der Waals surface area contributed by atoms with Crippen molar-refractivity contribution in [3.05, 3.63) is 66.9 Å². The summed E-state index contributed by atoms with van der Waals surface area (Å²) < 4.78 is 0. The van der Waals surface area contributed by atoms with Crippen molar-refractivity contribution in [2.75, 3.05) is 42.9 Å². The zero-order valence-corrected chi connectivity index (χ0v) is 17.5. The number of hydrogen-bond acceptors (Lipinski definition) is 4. The minimum absolute atomic E-state index is 0.0874. The van der Waals surface area contributed by atoms with Crippen molar-refractivity contribution in [3.63, 3.8) is 0 Å². The average Bonchev–Trinajstić information content (AvgIpc) is 3.03. The minimum Gasteiger partial charge on any atom is -0.370 e. The third-order valence-electron chi connectivity index (χ3n) is 5.72. The molecule has 5 nitrogen and oxygen atoms in total. The van der Waals surface area contributed by atoms with Crippen LogP contribution in [0.1, 0.15) is 25.7 Å². The van der Waals surface area contributed by atoms with Crippen molar-refractivity contribution >= 4 is 28.2 Å². The topological polar surface area (TPSA) is 48.5 Å². The summed E-state index contributed by atoms with van der Waals surface area (Å²) in [6, 6.07) is 20.5. The first-order chi connectivity index (χ1) is 14.8. The van der Waals surface area contributed by atoms with E-state index in [-0.39, 0.29) is 5.91 Å². The molecule has 0 saturated carbocycles. The van der Waals surface area contributed by atoms with Gasteiger partial charge >= 0.3 is 0 Å². The van der Waals surface area contributed by atoms with E-state index in [4.69, 9.17) is 0 Å². The highest BCUT2D eigenvalue weighted by Gasteiger charge is 2.14. The molecular formula is C25H30N4O. The number of pyridine rings is 1. The lowest BCUT2D eigenvalue weighted by Crippen LogP contribution is -2.31. The van der Waals surface area contributed by atoms with E-state index in [1.807, 2.05) is 30.3 Å². The number of rotatable bonds is 7. The number of hydrogen-bond donors (Lipinski definition) is 1. The molecule has 3 aromatic rings. The fourth-order valence-corrected chi connectivity index (χ4v) is 4.09. The number of nitrogens with zero attached hydrogens (tertiary/aromatic N) is 3. The molecule has 2 aromatic carbocycles. The Kier molecular flexibility index (Phi) is 6.93. The lowest BCUT2D eigenvalue weighted by molar-refractivity contribution is -0.116. The maximum atomic E-state index is 12.3. The second-order valence-corrected chi connectivity index (χ2v) is 7.93. The fourth-order valence-electron chi connectivity index (χ4n) is 4.09. The lowest BCUT2D eigenvalue weighted by atomic mass is 10.2. The highest BCUT2D eigenvalue weighted by Crippen LogP contribution is 2.18. The van der Waals surface area contributed by atoms with Crippen molar-refractivity contribution in [1.82, 2.24) is 9.88 Å². The molecule has 5 heteroatoms. The molecule has 1 saturated heterocycles. The van der Waals surface area contributed by atoms with Crippen LogP contribution in [0, 0.1) is 0 Å². The molecule has 1 fully saturated rings. The number of carbonyl (C=O) groups is 1. The van der Waals surface area contributed by atoms with Crippen molar-refractivity contribution in [2.45, 2.75) is 25.7 Å². The van der Waals surface area contributed by atoms with E-state index < -0.39 is 0 Å². The highest BCUT2D eigenvalue weighted by atomic mass is 16.1. The van der Waals surface area contributed by atoms with E-state index in [2.05, 4.69) is 50.4 Å². The maximum Gasteiger partial charge on any atom is 0.224 e. The van der Waals surface area contributed by atoms with E-state index in [9.17, 15) is 4.79 Å². The van der Waals surface area contributed by atoms with Crippen molar-refractivity contribution in [2.24, 2.45) is 0 Å². The van der Waals surface area contributed by atoms with E-state index >= 15 is 0 Å². The van der Waals surface area contributed by atoms with Gasteiger partial charge in [0.15, 0.2) is 0 Å². The van der Waals surface area contributed by atoms with Crippen LogP contribution in [-0.4, -0.2) is 48.5 Å². The van der Waals surface area contributed by atoms with Gasteiger partial charge in [0, 0.05) is 49.0 Å². The third kappa shape index (κ3) is 5.57. The second kappa shape index (κ2) is 10.2. The zero-order valence-electron chi connectivity index (χ0n) is 17.5. The number of carbonyl (C=O) groups excluding carboxylic acids is 1. The molecule has 1 amide bonds. The Bertz CT molecular complexity index is 960. The van der Waals surface area contributed by atoms with Crippen LogP contribution in [0.25, 0.3) is 10.9 Å². The van der Waals surface area contributed by atoms with Crippen molar-refractivity contribution in [1.29, 1.82) is 0 Å². The van der Waals surface area contributed by atoms with Crippen LogP contribution in [0.5, 0.6) is 0 Å². The van der Waals surface area contributed by atoms with E-state index in [1.54, 1.807) is 6.20 Å². The van der Waals surface area contributed by atoms with Gasteiger partial charge in [0.2, 0.25) is 5.91 Å². The van der Waals surface area contributed by atoms with Crippen LogP contribution in [-0.2, 0) is 4.79 Å². The summed E-state index contributed by atoms with van der Waals surface area (Å²) in [6.45, 7) is 5.48. The van der Waals surface area contributed by atoms with Crippen LogP contribution < -0.4 is 10.2 Å². The van der Waals surface area contributed by atoms with Crippen LogP contribution in [0.15, 0.2) is 66.9 Å². The van der Waals surface area contributed by atoms with Crippen LogP contribution >= 0.6 is 0 Å². The minimum atomic E-state index is 0.0874. The SMILES string of the molecule is O=C(CCCCN1CCCN(c2ccccc2)CC1)Nc1ccc2ncccc2c1. The summed E-state index contributed by atoms with van der Waals surface area (Å²) in [7, 11) is 0. The normalized spacial score (nSPS) is 15.1. The Labute approximate surface area is 178 Å². The summed E-state index contributed by atoms with van der Waals surface area (Å²) >= 11 is 0. The Morgan fingerprint density at radius 1 is 0.933 bits per heavy atom. The van der Waals surface area contributed by atoms with Gasteiger partial charge in [0.25, 0.3) is 0 Å². The number of fused-ring (bicyclic) bond motifs is 1. The number of amides is 1. The average molecular weight is 403 g/mol. The predicted octanol–water partition coefficient (Wildman–Crippen LogP) is 4.56. The molecule has 0 radical (unpaired) electrons. The third-order valence-corrected chi connectivity index (χ3v) is 5.72. The van der Waals surface area contributed by atoms with Gasteiger partial charge in [-0.05, 0) is 68.8 Å². The molecule has 1 N–H and O–H groups in total. The number of anilines is 2. The van der Waals surface area contributed by atoms with Gasteiger partial charge in [0.05, 0.1) is 5.52 Å². The van der Waals surface area contributed by atoms with Crippen molar-refractivity contribution < 1.29 is 4.79 Å². The molecule has 1 aromatic heterocycles. The first-order valence-corrected chi connectivity index (χ1v) is 10.9. The Morgan fingerprint density at radius 3 is 2.73 bits per heavy atom. The van der Waals surface area contributed by atoms with Gasteiger partial charge in [0.1, 0.15) is 0 Å². The van der Waals surface area contributed by atoms with E-state index in [0.29, 0.717) is 6.42 Å². The Balaban J connectivity index is 1.17. The van der Waals surface area contributed by atoms with Gasteiger partial charge in [-0.25, -0.2) is 0 Å². The summed E-state index contributed by atoms with van der Waals surface area (Å²) in [5, 5.41) is 4.06. The highest BCUT2D eigenvalue weighted by molar-refractivity contribution is 5.93. The molecule has 2 heterocycles. The largest absolute Gasteiger partial charge is 0.370 e. The van der Waals surface area contributed by atoms with Crippen molar-refractivity contribution in [3.8, 4) is 0 Å². The molecule has 0 spiro atoms. The standard InChI is InChI=1S/C25H30N4O/c30-25(27-22-12-13-24-21(20-22)8-6-14-26-24)11-4-5-15-28-16-7-17-29(19-18-28)23-9-2-1-3-10-23/h1-3,6,8-10,12-14,20H,4-5,7,11,15-19H2,(H,27,30). The number of aromatic nitrogens is 1. The first kappa shape index (κ1) is 20.4.